The molecule has 1 amide bonds. The van der Waals surface area contributed by atoms with E-state index in [1.54, 1.807) is 28.9 Å². The summed E-state index contributed by atoms with van der Waals surface area (Å²) < 4.78 is 20.4. The number of fused-ring (bicyclic) bond motifs is 1. The average molecular weight is 533 g/mol. The van der Waals surface area contributed by atoms with Gasteiger partial charge >= 0.3 is 5.97 Å². The van der Waals surface area contributed by atoms with Crippen molar-refractivity contribution in [1.29, 1.82) is 0 Å². The summed E-state index contributed by atoms with van der Waals surface area (Å²) in [4.78, 5) is 29.9. The van der Waals surface area contributed by atoms with Crippen LogP contribution in [0.25, 0.3) is 16.8 Å². The highest BCUT2D eigenvalue weighted by molar-refractivity contribution is 6.01. The van der Waals surface area contributed by atoms with Crippen LogP contribution >= 0.6 is 0 Å². The summed E-state index contributed by atoms with van der Waals surface area (Å²) in [6.45, 7) is 0. The van der Waals surface area contributed by atoms with E-state index in [0.29, 0.717) is 11.2 Å². The Balaban J connectivity index is 1.48. The Morgan fingerprint density at radius 2 is 1.87 bits per heavy atom. The number of hydrogen-bond acceptors (Lipinski definition) is 6. The van der Waals surface area contributed by atoms with E-state index < -0.39 is 17.9 Å². The fraction of sp³-hybridized carbons (Fsp3) is 0.310. The van der Waals surface area contributed by atoms with Crippen molar-refractivity contribution in [2.45, 2.75) is 50.5 Å². The van der Waals surface area contributed by atoms with Crippen LogP contribution in [0.4, 0.5) is 4.39 Å². The maximum atomic E-state index is 13.6. The van der Waals surface area contributed by atoms with Gasteiger partial charge in [-0.1, -0.05) is 37.5 Å². The Morgan fingerprint density at radius 3 is 2.56 bits per heavy atom. The second kappa shape index (κ2) is 11.1. The number of rotatable bonds is 8. The smallest absolute Gasteiger partial charge is 0.326 e. The number of benzene rings is 2. The maximum Gasteiger partial charge on any atom is 0.326 e. The fourth-order valence-corrected chi connectivity index (χ4v) is 5.25. The van der Waals surface area contributed by atoms with Crippen molar-refractivity contribution in [3.63, 3.8) is 0 Å². The van der Waals surface area contributed by atoms with Gasteiger partial charge in [-0.15, -0.1) is 0 Å². The van der Waals surface area contributed by atoms with Gasteiger partial charge in [0.25, 0.3) is 5.91 Å². The highest BCUT2D eigenvalue weighted by Gasteiger charge is 2.28. The second-order valence-electron chi connectivity index (χ2n) is 9.77. The lowest BCUT2D eigenvalue weighted by Gasteiger charge is -2.25. The lowest BCUT2D eigenvalue weighted by atomic mass is 9.84. The zero-order valence-electron chi connectivity index (χ0n) is 21.4. The lowest BCUT2D eigenvalue weighted by Crippen LogP contribution is -2.42. The number of halogens is 1. The molecule has 2 heterocycles. The first-order chi connectivity index (χ1) is 18.9. The van der Waals surface area contributed by atoms with E-state index in [-0.39, 0.29) is 35.2 Å². The highest BCUT2D eigenvalue weighted by Crippen LogP contribution is 2.38. The number of aromatic nitrogens is 3. The van der Waals surface area contributed by atoms with E-state index in [2.05, 4.69) is 15.4 Å². The summed E-state index contributed by atoms with van der Waals surface area (Å²) in [7, 11) is 1.40. The first-order valence-corrected chi connectivity index (χ1v) is 12.9. The van der Waals surface area contributed by atoms with Crippen molar-refractivity contribution in [1.82, 2.24) is 19.9 Å². The third-order valence-electron chi connectivity index (χ3n) is 7.24. The van der Waals surface area contributed by atoms with Crippen molar-refractivity contribution in [2.75, 3.05) is 7.11 Å². The molecule has 0 saturated heterocycles. The molecule has 1 fully saturated rings. The molecule has 1 saturated carbocycles. The molecule has 4 aromatic rings. The van der Waals surface area contributed by atoms with Crippen LogP contribution in [0.1, 0.15) is 59.6 Å². The predicted octanol–water partition coefficient (Wildman–Crippen LogP) is 4.72. The van der Waals surface area contributed by atoms with E-state index in [1.165, 1.54) is 37.6 Å². The van der Waals surface area contributed by atoms with Crippen molar-refractivity contribution in [2.24, 2.45) is 0 Å². The number of aliphatic carboxylic acids is 1. The molecule has 1 aliphatic rings. The lowest BCUT2D eigenvalue weighted by molar-refractivity contribution is -0.139. The Labute approximate surface area is 224 Å². The van der Waals surface area contributed by atoms with Gasteiger partial charge in [0.05, 0.1) is 19.0 Å². The minimum atomic E-state index is -1.24. The fourth-order valence-electron chi connectivity index (χ4n) is 5.25. The maximum absolute atomic E-state index is 13.6. The zero-order chi connectivity index (χ0) is 27.5. The number of nitrogens with one attached hydrogen (secondary N) is 1. The molecule has 0 aliphatic heterocycles. The quantitative estimate of drug-likeness (QED) is 0.300. The minimum Gasteiger partial charge on any atom is -0.504 e. The van der Waals surface area contributed by atoms with Crippen LogP contribution in [0.5, 0.6) is 11.5 Å². The molecular weight excluding hydrogens is 503 g/mol. The molecular formula is C29H29FN4O5. The number of ether oxygens (including phenoxy) is 1. The number of methoxy groups -OCH3 is 1. The summed E-state index contributed by atoms with van der Waals surface area (Å²) in [5, 5.41) is 26.7. The molecule has 3 N–H and O–H groups in total. The van der Waals surface area contributed by atoms with Crippen LogP contribution < -0.4 is 10.1 Å². The van der Waals surface area contributed by atoms with Gasteiger partial charge in [-0.2, -0.15) is 5.10 Å². The molecule has 0 radical (unpaired) electrons. The van der Waals surface area contributed by atoms with Gasteiger partial charge in [-0.3, -0.25) is 4.79 Å². The van der Waals surface area contributed by atoms with E-state index in [0.717, 1.165) is 48.9 Å². The summed E-state index contributed by atoms with van der Waals surface area (Å²) in [5.41, 5.74) is 3.61. The largest absolute Gasteiger partial charge is 0.504 e. The standard InChI is InChI=1S/C29H29FN4O5/c1-39-25-14-17(7-12-24(25)35)13-23(29(37)38)33-28(36)22-16-32-34-26(19-5-3-2-4-6-19)21(15-31-27(22)34)18-8-10-20(30)11-9-18/h7-12,14-16,19,23,35H,2-6,13H2,1H3,(H,33,36)(H,37,38). The molecule has 1 aliphatic carbocycles. The highest BCUT2D eigenvalue weighted by atomic mass is 19.1. The topological polar surface area (TPSA) is 126 Å². The van der Waals surface area contributed by atoms with Crippen LogP contribution in [-0.4, -0.2) is 49.8 Å². The van der Waals surface area contributed by atoms with E-state index in [9.17, 15) is 24.2 Å². The number of nitrogens with zero attached hydrogens (tertiary/aromatic N) is 3. The normalized spacial score (nSPS) is 14.7. The Morgan fingerprint density at radius 1 is 1.13 bits per heavy atom. The van der Waals surface area contributed by atoms with Gasteiger partial charge in [0, 0.05) is 24.1 Å². The van der Waals surface area contributed by atoms with Crippen LogP contribution in [0.15, 0.2) is 54.9 Å². The summed E-state index contributed by atoms with van der Waals surface area (Å²) in [5.74, 6) is -1.81. The van der Waals surface area contributed by atoms with E-state index in [4.69, 9.17) is 4.74 Å². The number of aromatic hydroxyl groups is 1. The SMILES string of the molecule is COc1cc(CC(NC(=O)c2cnn3c(C4CCCCC4)c(-c4ccc(F)cc4)cnc23)C(=O)O)ccc1O. The van der Waals surface area contributed by atoms with Gasteiger partial charge in [-0.05, 0) is 48.2 Å². The first kappa shape index (κ1) is 26.1. The molecule has 0 bridgehead atoms. The van der Waals surface area contributed by atoms with Crippen LogP contribution in [0.3, 0.4) is 0 Å². The van der Waals surface area contributed by atoms with Gasteiger partial charge in [0.15, 0.2) is 17.1 Å². The third-order valence-corrected chi connectivity index (χ3v) is 7.24. The molecule has 10 heteroatoms. The van der Waals surface area contributed by atoms with Crippen molar-refractivity contribution >= 4 is 17.5 Å². The Bertz CT molecular complexity index is 1510. The molecule has 202 valence electrons. The number of amides is 1. The molecule has 0 spiro atoms. The molecule has 1 atom stereocenters. The number of hydrogen-bond donors (Lipinski definition) is 3. The van der Waals surface area contributed by atoms with Gasteiger partial charge < -0.3 is 20.3 Å². The van der Waals surface area contributed by atoms with Gasteiger partial charge in [0.1, 0.15) is 17.4 Å². The van der Waals surface area contributed by atoms with Crippen LogP contribution in [0, 0.1) is 5.82 Å². The number of phenols is 1. The van der Waals surface area contributed by atoms with Crippen LogP contribution in [-0.2, 0) is 11.2 Å². The second-order valence-corrected chi connectivity index (χ2v) is 9.77. The van der Waals surface area contributed by atoms with Gasteiger partial charge in [0.2, 0.25) is 0 Å². The first-order valence-electron chi connectivity index (χ1n) is 12.9. The summed E-state index contributed by atoms with van der Waals surface area (Å²) in [6, 6.07) is 9.50. The monoisotopic (exact) mass is 532 g/mol. The Hall–Kier alpha value is -4.47. The Kier molecular flexibility index (Phi) is 7.44. The zero-order valence-corrected chi connectivity index (χ0v) is 21.4. The average Bonchev–Trinajstić information content (AvgIpc) is 3.38. The molecule has 2 aromatic carbocycles. The predicted molar refractivity (Wildman–Crippen MR) is 141 cm³/mol. The van der Waals surface area contributed by atoms with Crippen LogP contribution in [0.2, 0.25) is 0 Å². The van der Waals surface area contributed by atoms with Crippen molar-refractivity contribution in [3.05, 3.63) is 77.5 Å². The van der Waals surface area contributed by atoms with Crippen molar-refractivity contribution < 1.29 is 28.9 Å². The molecule has 5 rings (SSSR count). The molecule has 1 unspecified atom stereocenters. The molecule has 2 aromatic heterocycles. The minimum absolute atomic E-state index is 0.0214. The number of carboxylic acid groups (broad SMARTS) is 1. The third kappa shape index (κ3) is 5.41. The number of carboxylic acids is 1. The number of carbonyl (C=O) groups is 2. The van der Waals surface area contributed by atoms with E-state index in [1.807, 2.05) is 0 Å². The van der Waals surface area contributed by atoms with Crippen molar-refractivity contribution in [3.8, 4) is 22.6 Å². The molecule has 9 nitrogen and oxygen atoms in total. The van der Waals surface area contributed by atoms with Gasteiger partial charge in [-0.25, -0.2) is 18.7 Å². The number of phenolic OH excluding ortho intramolecular Hbond substituents is 1. The summed E-state index contributed by atoms with van der Waals surface area (Å²) >= 11 is 0. The molecule has 39 heavy (non-hydrogen) atoms. The number of carbonyl (C=O) groups excluding carboxylic acids is 1. The van der Waals surface area contributed by atoms with E-state index >= 15 is 0 Å². The summed E-state index contributed by atoms with van der Waals surface area (Å²) in [6.07, 6.45) is 8.31.